The molecule has 0 bridgehead atoms. The number of rotatable bonds is 7. The average Bonchev–Trinajstić information content (AvgIpc) is 2.76. The van der Waals surface area contributed by atoms with Gasteiger partial charge in [0.1, 0.15) is 11.5 Å². The van der Waals surface area contributed by atoms with Crippen molar-refractivity contribution in [3.8, 4) is 11.5 Å². The lowest BCUT2D eigenvalue weighted by molar-refractivity contribution is 0.102. The van der Waals surface area contributed by atoms with Gasteiger partial charge in [0.15, 0.2) is 0 Å². The zero-order valence-electron chi connectivity index (χ0n) is 16.9. The molecule has 1 N–H and O–H groups in total. The molecule has 0 fully saturated rings. The van der Waals surface area contributed by atoms with E-state index in [0.717, 1.165) is 30.2 Å². The maximum absolute atomic E-state index is 13.0. The van der Waals surface area contributed by atoms with Gasteiger partial charge in [0.25, 0.3) is 5.91 Å². The second kappa shape index (κ2) is 9.59. The molecule has 0 aliphatic heterocycles. The molecule has 1 aromatic heterocycles. The van der Waals surface area contributed by atoms with Gasteiger partial charge in [-0.2, -0.15) is 0 Å². The summed E-state index contributed by atoms with van der Waals surface area (Å²) < 4.78 is 12.3. The Balaban J connectivity index is 1.95. The van der Waals surface area contributed by atoms with Crippen molar-refractivity contribution >= 4 is 17.3 Å². The third-order valence-corrected chi connectivity index (χ3v) is 4.39. The molecule has 0 aliphatic carbocycles. The van der Waals surface area contributed by atoms with Gasteiger partial charge in [-0.15, -0.1) is 0 Å². The van der Waals surface area contributed by atoms with Crippen LogP contribution >= 0.6 is 0 Å². The number of ether oxygens (including phenoxy) is 2. The van der Waals surface area contributed by atoms with E-state index in [1.165, 1.54) is 0 Å². The number of carbonyl (C=O) groups excluding carboxylic acids is 1. The molecule has 0 saturated carbocycles. The Bertz CT molecular complexity index is 1020. The van der Waals surface area contributed by atoms with Crippen LogP contribution in [0.3, 0.4) is 0 Å². The lowest BCUT2D eigenvalue weighted by atomic mass is 10.2. The molecule has 3 aromatic rings. The van der Waals surface area contributed by atoms with Crippen LogP contribution in [0.15, 0.2) is 72.0 Å². The van der Waals surface area contributed by atoms with Crippen molar-refractivity contribution in [3.63, 3.8) is 0 Å². The number of methoxy groups -OCH3 is 2. The van der Waals surface area contributed by atoms with Gasteiger partial charge in [-0.1, -0.05) is 6.92 Å². The molecule has 1 heterocycles. The number of hydrogen-bond acceptors (Lipinski definition) is 4. The molecule has 0 radical (unpaired) electrons. The third kappa shape index (κ3) is 5.25. The van der Waals surface area contributed by atoms with E-state index in [-0.39, 0.29) is 5.91 Å². The van der Waals surface area contributed by atoms with E-state index in [1.54, 1.807) is 38.5 Å². The van der Waals surface area contributed by atoms with E-state index in [2.05, 4.69) is 17.2 Å². The lowest BCUT2D eigenvalue weighted by Crippen LogP contribution is -2.23. The zero-order chi connectivity index (χ0) is 20.6. The number of aryl methyl sites for hydroxylation is 1. The second-order valence-corrected chi connectivity index (χ2v) is 6.47. The molecule has 150 valence electrons. The fourth-order valence-corrected chi connectivity index (χ4v) is 2.87. The lowest BCUT2D eigenvalue weighted by Gasteiger charge is -2.10. The fraction of sp³-hybridized carbons (Fsp3) is 0.217. The first kappa shape index (κ1) is 20.2. The number of nitrogens with zero attached hydrogens (tertiary/aromatic N) is 2. The van der Waals surface area contributed by atoms with E-state index < -0.39 is 0 Å². The number of carbonyl (C=O) groups is 1. The summed E-state index contributed by atoms with van der Waals surface area (Å²) in [7, 11) is 3.23. The number of benzene rings is 2. The van der Waals surface area contributed by atoms with Gasteiger partial charge in [-0.05, 0) is 61.0 Å². The van der Waals surface area contributed by atoms with Crippen molar-refractivity contribution in [2.24, 2.45) is 4.99 Å². The van der Waals surface area contributed by atoms with Crippen molar-refractivity contribution < 1.29 is 14.3 Å². The van der Waals surface area contributed by atoms with Crippen LogP contribution in [0.25, 0.3) is 0 Å². The Morgan fingerprint density at radius 3 is 2.17 bits per heavy atom. The molecule has 1 amide bonds. The van der Waals surface area contributed by atoms with Crippen LogP contribution in [0.1, 0.15) is 23.7 Å². The Labute approximate surface area is 170 Å². The zero-order valence-corrected chi connectivity index (χ0v) is 16.9. The number of pyridine rings is 1. The molecule has 6 heteroatoms. The van der Waals surface area contributed by atoms with Crippen molar-refractivity contribution in [1.29, 1.82) is 0 Å². The predicted octanol–water partition coefficient (Wildman–Crippen LogP) is 4.40. The molecule has 2 aromatic carbocycles. The minimum Gasteiger partial charge on any atom is -0.497 e. The van der Waals surface area contributed by atoms with Gasteiger partial charge in [0.05, 0.1) is 30.8 Å². The molecule has 6 nitrogen and oxygen atoms in total. The summed E-state index contributed by atoms with van der Waals surface area (Å²) in [6.45, 7) is 2.92. The van der Waals surface area contributed by atoms with Gasteiger partial charge in [-0.3, -0.25) is 4.79 Å². The highest BCUT2D eigenvalue weighted by molar-refractivity contribution is 6.04. The van der Waals surface area contributed by atoms with Gasteiger partial charge < -0.3 is 19.4 Å². The second-order valence-electron chi connectivity index (χ2n) is 6.47. The maximum atomic E-state index is 13.0. The summed E-state index contributed by atoms with van der Waals surface area (Å²) in [6, 6.07) is 16.5. The third-order valence-electron chi connectivity index (χ3n) is 4.39. The Hall–Kier alpha value is -3.54. The predicted molar refractivity (Wildman–Crippen MR) is 114 cm³/mol. The molecule has 0 aliphatic rings. The SMILES string of the molecule is CCCn1ccc(=Nc2ccc(OC)cc2)c(C(=O)Nc2ccc(OC)cc2)c1. The van der Waals surface area contributed by atoms with Gasteiger partial charge in [-0.25, -0.2) is 4.99 Å². The van der Waals surface area contributed by atoms with Crippen molar-refractivity contribution in [2.75, 3.05) is 19.5 Å². The summed E-state index contributed by atoms with van der Waals surface area (Å²) in [5.41, 5.74) is 1.95. The molecule has 0 saturated heterocycles. The standard InChI is InChI=1S/C23H25N3O3/c1-4-14-26-15-13-22(24-17-5-9-19(28-2)10-6-17)21(16-26)23(27)25-18-7-11-20(29-3)12-8-18/h5-13,15-16H,4,14H2,1-3H3,(H,25,27). The van der Waals surface area contributed by atoms with Crippen molar-refractivity contribution in [1.82, 2.24) is 4.57 Å². The summed E-state index contributed by atoms with van der Waals surface area (Å²) in [6.07, 6.45) is 4.75. The smallest absolute Gasteiger partial charge is 0.259 e. The number of amides is 1. The van der Waals surface area contributed by atoms with Crippen LogP contribution in [0.2, 0.25) is 0 Å². The van der Waals surface area contributed by atoms with Crippen LogP contribution in [0.5, 0.6) is 11.5 Å². The van der Waals surface area contributed by atoms with Crippen LogP contribution in [-0.4, -0.2) is 24.7 Å². The molecule has 0 atom stereocenters. The van der Waals surface area contributed by atoms with Gasteiger partial charge in [0, 0.05) is 24.6 Å². The maximum Gasteiger partial charge on any atom is 0.259 e. The Morgan fingerprint density at radius 1 is 0.966 bits per heavy atom. The number of anilines is 1. The van der Waals surface area contributed by atoms with Crippen LogP contribution < -0.4 is 20.1 Å². The summed E-state index contributed by atoms with van der Waals surface area (Å²) in [5.74, 6) is 1.28. The van der Waals surface area contributed by atoms with Crippen LogP contribution in [0, 0.1) is 0 Å². The first-order valence-corrected chi connectivity index (χ1v) is 9.47. The minimum absolute atomic E-state index is 0.215. The average molecular weight is 391 g/mol. The van der Waals surface area contributed by atoms with E-state index in [4.69, 9.17) is 9.47 Å². The molecule has 0 unspecified atom stereocenters. The number of aromatic nitrogens is 1. The van der Waals surface area contributed by atoms with E-state index >= 15 is 0 Å². The topological polar surface area (TPSA) is 64.9 Å². The van der Waals surface area contributed by atoms with Crippen molar-refractivity contribution in [3.05, 3.63) is 77.9 Å². The van der Waals surface area contributed by atoms with E-state index in [0.29, 0.717) is 16.6 Å². The van der Waals surface area contributed by atoms with E-state index in [1.807, 2.05) is 47.3 Å². The molecule has 29 heavy (non-hydrogen) atoms. The highest BCUT2D eigenvalue weighted by Gasteiger charge is 2.10. The first-order chi connectivity index (χ1) is 14.1. The molecule has 3 rings (SSSR count). The Morgan fingerprint density at radius 2 is 1.59 bits per heavy atom. The van der Waals surface area contributed by atoms with E-state index in [9.17, 15) is 4.79 Å². The summed E-state index contributed by atoms with van der Waals surface area (Å²) >= 11 is 0. The quantitative estimate of drug-likeness (QED) is 0.649. The fourth-order valence-electron chi connectivity index (χ4n) is 2.87. The highest BCUT2D eigenvalue weighted by Crippen LogP contribution is 2.18. The van der Waals surface area contributed by atoms with Crippen molar-refractivity contribution in [2.45, 2.75) is 19.9 Å². The highest BCUT2D eigenvalue weighted by atomic mass is 16.5. The Kier molecular flexibility index (Phi) is 6.68. The molecule has 0 spiro atoms. The number of nitrogens with one attached hydrogen (secondary N) is 1. The summed E-state index contributed by atoms with van der Waals surface area (Å²) in [4.78, 5) is 17.7. The number of hydrogen-bond donors (Lipinski definition) is 1. The minimum atomic E-state index is -0.215. The largest absolute Gasteiger partial charge is 0.497 e. The molecular formula is C23H25N3O3. The normalized spacial score (nSPS) is 11.2. The monoisotopic (exact) mass is 391 g/mol. The van der Waals surface area contributed by atoms with Crippen LogP contribution in [-0.2, 0) is 6.54 Å². The van der Waals surface area contributed by atoms with Gasteiger partial charge >= 0.3 is 0 Å². The summed E-state index contributed by atoms with van der Waals surface area (Å²) in [5, 5.41) is 3.54. The molecular weight excluding hydrogens is 366 g/mol. The van der Waals surface area contributed by atoms with Crippen LogP contribution in [0.4, 0.5) is 11.4 Å². The van der Waals surface area contributed by atoms with Gasteiger partial charge in [0.2, 0.25) is 0 Å². The first-order valence-electron chi connectivity index (χ1n) is 9.47.